The van der Waals surface area contributed by atoms with Crippen molar-refractivity contribution in [3.8, 4) is 0 Å². The first-order valence-corrected chi connectivity index (χ1v) is 6.78. The molecule has 0 bridgehead atoms. The van der Waals surface area contributed by atoms with Crippen LogP contribution >= 0.6 is 0 Å². The molecule has 0 saturated carbocycles. The van der Waals surface area contributed by atoms with Crippen molar-refractivity contribution >= 4 is 17.8 Å². The summed E-state index contributed by atoms with van der Waals surface area (Å²) in [6.45, 7) is 5.02. The second kappa shape index (κ2) is 6.82. The molecule has 2 aromatic heterocycles. The van der Waals surface area contributed by atoms with Gasteiger partial charge in [0.15, 0.2) is 5.82 Å². The van der Waals surface area contributed by atoms with Crippen LogP contribution in [0, 0.1) is 6.92 Å². The van der Waals surface area contributed by atoms with Gasteiger partial charge in [0, 0.05) is 20.6 Å². The number of aryl methyl sites for hydroxylation is 1. The van der Waals surface area contributed by atoms with Crippen molar-refractivity contribution in [1.82, 2.24) is 25.1 Å². The van der Waals surface area contributed by atoms with Gasteiger partial charge in [0.25, 0.3) is 0 Å². The summed E-state index contributed by atoms with van der Waals surface area (Å²) in [6, 6.07) is 0. The minimum Gasteiger partial charge on any atom is -0.354 e. The van der Waals surface area contributed by atoms with Gasteiger partial charge in [-0.15, -0.1) is 0 Å². The zero-order chi connectivity index (χ0) is 15.2. The van der Waals surface area contributed by atoms with Crippen molar-refractivity contribution in [1.29, 1.82) is 0 Å². The monoisotopic (exact) mass is 292 g/mol. The molecule has 0 saturated heterocycles. The highest BCUT2D eigenvalue weighted by molar-refractivity contribution is 5.42. The largest absolute Gasteiger partial charge is 0.354 e. The van der Waals surface area contributed by atoms with Crippen LogP contribution in [0.25, 0.3) is 0 Å². The third-order valence-corrected chi connectivity index (χ3v) is 2.52. The Balaban J connectivity index is 2.11. The second-order valence-corrected chi connectivity index (χ2v) is 4.69. The summed E-state index contributed by atoms with van der Waals surface area (Å²) in [6.07, 6.45) is 0.993. The lowest BCUT2D eigenvalue weighted by Crippen LogP contribution is -2.17. The molecule has 0 aliphatic carbocycles. The highest BCUT2D eigenvalue weighted by atomic mass is 16.5. The molecule has 2 N–H and O–H groups in total. The number of hydrogen-bond acceptors (Lipinski definition) is 9. The van der Waals surface area contributed by atoms with Gasteiger partial charge in [-0.1, -0.05) is 12.1 Å². The number of hydrogen-bond donors (Lipinski definition) is 2. The molecule has 0 radical (unpaired) electrons. The van der Waals surface area contributed by atoms with Crippen LogP contribution in [0.1, 0.15) is 25.1 Å². The van der Waals surface area contributed by atoms with Crippen LogP contribution in [0.4, 0.5) is 17.8 Å². The molecule has 0 spiro atoms. The topological polar surface area (TPSA) is 105 Å². The third kappa shape index (κ3) is 4.26. The van der Waals surface area contributed by atoms with Crippen molar-refractivity contribution in [2.24, 2.45) is 0 Å². The third-order valence-electron chi connectivity index (χ3n) is 2.52. The average molecular weight is 292 g/mol. The first-order chi connectivity index (χ1) is 10.1. The molecular formula is C12H20N8O. The molecular weight excluding hydrogens is 272 g/mol. The van der Waals surface area contributed by atoms with E-state index < -0.39 is 0 Å². The van der Waals surface area contributed by atoms with E-state index in [-0.39, 0.29) is 0 Å². The van der Waals surface area contributed by atoms with Gasteiger partial charge in [-0.3, -0.25) is 0 Å². The molecule has 0 unspecified atom stereocenters. The highest BCUT2D eigenvalue weighted by Gasteiger charge is 2.09. The first kappa shape index (κ1) is 14.9. The Morgan fingerprint density at radius 2 is 1.76 bits per heavy atom. The van der Waals surface area contributed by atoms with Crippen LogP contribution in [0.2, 0.25) is 0 Å². The molecule has 2 heterocycles. The van der Waals surface area contributed by atoms with E-state index >= 15 is 0 Å². The van der Waals surface area contributed by atoms with E-state index in [9.17, 15) is 0 Å². The number of nitrogens with zero attached hydrogens (tertiary/aromatic N) is 6. The molecule has 2 rings (SSSR count). The van der Waals surface area contributed by atoms with Crippen LogP contribution in [0.3, 0.4) is 0 Å². The Kier molecular flexibility index (Phi) is 4.85. The quantitative estimate of drug-likeness (QED) is 0.774. The maximum atomic E-state index is 5.04. The summed E-state index contributed by atoms with van der Waals surface area (Å²) < 4.78 is 5.04. The van der Waals surface area contributed by atoms with Crippen molar-refractivity contribution in [2.75, 3.05) is 36.2 Å². The van der Waals surface area contributed by atoms with E-state index in [1.54, 1.807) is 6.92 Å². The van der Waals surface area contributed by atoms with Crippen LogP contribution in [-0.4, -0.2) is 45.7 Å². The summed E-state index contributed by atoms with van der Waals surface area (Å²) >= 11 is 0. The van der Waals surface area contributed by atoms with Gasteiger partial charge in [0.1, 0.15) is 0 Å². The number of rotatable bonds is 7. The Bertz CT molecular complexity index is 582. The van der Waals surface area contributed by atoms with Gasteiger partial charge in [-0.2, -0.15) is 19.9 Å². The number of nitrogens with one attached hydrogen (secondary N) is 2. The zero-order valence-corrected chi connectivity index (χ0v) is 12.7. The van der Waals surface area contributed by atoms with Crippen molar-refractivity contribution < 1.29 is 4.52 Å². The van der Waals surface area contributed by atoms with Crippen molar-refractivity contribution in [3.63, 3.8) is 0 Å². The van der Waals surface area contributed by atoms with Gasteiger partial charge in [0.2, 0.25) is 23.7 Å². The normalized spacial score (nSPS) is 10.5. The van der Waals surface area contributed by atoms with E-state index in [0.717, 1.165) is 13.0 Å². The van der Waals surface area contributed by atoms with Crippen LogP contribution in [0.15, 0.2) is 4.52 Å². The summed E-state index contributed by atoms with van der Waals surface area (Å²) in [7, 11) is 3.76. The molecule has 0 fully saturated rings. The van der Waals surface area contributed by atoms with Crippen molar-refractivity contribution in [3.05, 3.63) is 11.7 Å². The molecule has 2 aromatic rings. The Morgan fingerprint density at radius 3 is 2.33 bits per heavy atom. The lowest BCUT2D eigenvalue weighted by molar-refractivity contribution is 0.379. The maximum absolute atomic E-state index is 5.04. The van der Waals surface area contributed by atoms with Gasteiger partial charge in [-0.05, 0) is 13.3 Å². The predicted molar refractivity (Wildman–Crippen MR) is 79.3 cm³/mol. The molecule has 0 aliphatic rings. The van der Waals surface area contributed by atoms with E-state index in [1.165, 1.54) is 0 Å². The van der Waals surface area contributed by atoms with Crippen LogP contribution in [0.5, 0.6) is 0 Å². The Labute approximate surface area is 123 Å². The smallest absolute Gasteiger partial charge is 0.246 e. The molecule has 0 aromatic carbocycles. The van der Waals surface area contributed by atoms with Gasteiger partial charge < -0.3 is 20.1 Å². The van der Waals surface area contributed by atoms with Gasteiger partial charge >= 0.3 is 0 Å². The lowest BCUT2D eigenvalue weighted by atomic mass is 10.5. The van der Waals surface area contributed by atoms with Gasteiger partial charge in [0.05, 0.1) is 6.54 Å². The molecule has 0 atom stereocenters. The first-order valence-electron chi connectivity index (χ1n) is 6.78. The molecule has 9 heteroatoms. The molecule has 114 valence electrons. The zero-order valence-electron chi connectivity index (χ0n) is 12.7. The fourth-order valence-corrected chi connectivity index (χ4v) is 1.53. The van der Waals surface area contributed by atoms with E-state index in [2.05, 4.69) is 42.6 Å². The number of anilines is 3. The average Bonchev–Trinajstić information content (AvgIpc) is 2.88. The van der Waals surface area contributed by atoms with E-state index in [1.807, 2.05) is 19.0 Å². The van der Waals surface area contributed by atoms with Crippen molar-refractivity contribution in [2.45, 2.75) is 26.8 Å². The second-order valence-electron chi connectivity index (χ2n) is 4.69. The SMILES string of the molecule is CCCNc1nc(NCc2nc(C)no2)nc(N(C)C)n1. The summed E-state index contributed by atoms with van der Waals surface area (Å²) in [4.78, 5) is 18.9. The minimum absolute atomic E-state index is 0.366. The van der Waals surface area contributed by atoms with Gasteiger partial charge in [-0.25, -0.2) is 0 Å². The lowest BCUT2D eigenvalue weighted by Gasteiger charge is -2.13. The molecule has 0 amide bonds. The maximum Gasteiger partial charge on any atom is 0.246 e. The Morgan fingerprint density at radius 1 is 1.05 bits per heavy atom. The van der Waals surface area contributed by atoms with Crippen LogP contribution < -0.4 is 15.5 Å². The molecule has 9 nitrogen and oxygen atoms in total. The Hall–Kier alpha value is -2.45. The van der Waals surface area contributed by atoms with Crippen LogP contribution in [-0.2, 0) is 6.54 Å². The number of aromatic nitrogens is 5. The van der Waals surface area contributed by atoms with E-state index in [4.69, 9.17) is 4.52 Å². The van der Waals surface area contributed by atoms with E-state index in [0.29, 0.717) is 36.1 Å². The molecule has 0 aliphatic heterocycles. The minimum atomic E-state index is 0.366. The molecule has 21 heavy (non-hydrogen) atoms. The standard InChI is InChI=1S/C12H20N8O/c1-5-6-13-10-16-11(18-12(17-10)20(3)4)14-7-9-15-8(2)19-21-9/h5-7H2,1-4H3,(H2,13,14,16,17,18). The predicted octanol–water partition coefficient (Wildman–Crippen LogP) is 1.06. The fraction of sp³-hybridized carbons (Fsp3) is 0.583. The summed E-state index contributed by atoms with van der Waals surface area (Å²) in [5, 5.41) is 9.95. The fourth-order valence-electron chi connectivity index (χ4n) is 1.53. The highest BCUT2D eigenvalue weighted by Crippen LogP contribution is 2.12. The summed E-state index contributed by atoms with van der Waals surface area (Å²) in [5.41, 5.74) is 0. The summed E-state index contributed by atoms with van der Waals surface area (Å²) in [5.74, 6) is 2.67.